The Kier molecular flexibility index (Phi) is 3.53. The molecular formula is C14H18FN3. The SMILES string of the molecule is CN(CC(C)(C#N)NC1CC1)c1cccc(F)c1. The van der Waals surface area contributed by atoms with Gasteiger partial charge < -0.3 is 4.90 Å². The molecule has 1 aliphatic rings. The average Bonchev–Trinajstić information content (AvgIpc) is 3.12. The zero-order valence-electron chi connectivity index (χ0n) is 10.8. The second kappa shape index (κ2) is 4.95. The summed E-state index contributed by atoms with van der Waals surface area (Å²) >= 11 is 0. The maximum Gasteiger partial charge on any atom is 0.125 e. The van der Waals surface area contributed by atoms with Crippen molar-refractivity contribution in [3.05, 3.63) is 30.1 Å². The van der Waals surface area contributed by atoms with Crippen molar-refractivity contribution in [2.75, 3.05) is 18.5 Å². The zero-order chi connectivity index (χ0) is 13.2. The van der Waals surface area contributed by atoms with Crippen molar-refractivity contribution in [3.8, 4) is 6.07 Å². The highest BCUT2D eigenvalue weighted by Crippen LogP contribution is 2.24. The number of rotatable bonds is 5. The van der Waals surface area contributed by atoms with Crippen molar-refractivity contribution in [2.45, 2.75) is 31.3 Å². The van der Waals surface area contributed by atoms with Gasteiger partial charge in [0.05, 0.1) is 6.07 Å². The summed E-state index contributed by atoms with van der Waals surface area (Å²) in [5.74, 6) is -0.256. The summed E-state index contributed by atoms with van der Waals surface area (Å²) in [7, 11) is 1.87. The van der Waals surface area contributed by atoms with Gasteiger partial charge in [0.15, 0.2) is 0 Å². The van der Waals surface area contributed by atoms with E-state index in [0.717, 1.165) is 18.5 Å². The molecule has 1 N–H and O–H groups in total. The standard InChI is InChI=1S/C14H18FN3/c1-14(9-16,17-12-6-7-12)10-18(2)13-5-3-4-11(15)8-13/h3-5,8,12,17H,6-7,10H2,1-2H3. The van der Waals surface area contributed by atoms with Gasteiger partial charge in [-0.15, -0.1) is 0 Å². The van der Waals surface area contributed by atoms with Crippen LogP contribution in [0.15, 0.2) is 24.3 Å². The number of nitrogens with one attached hydrogen (secondary N) is 1. The van der Waals surface area contributed by atoms with E-state index in [1.165, 1.54) is 12.1 Å². The largest absolute Gasteiger partial charge is 0.372 e. The molecule has 1 unspecified atom stereocenters. The van der Waals surface area contributed by atoms with E-state index < -0.39 is 5.54 Å². The van der Waals surface area contributed by atoms with E-state index >= 15 is 0 Å². The van der Waals surface area contributed by atoms with Gasteiger partial charge in [0.1, 0.15) is 11.4 Å². The molecule has 0 saturated heterocycles. The van der Waals surface area contributed by atoms with Crippen LogP contribution in [0, 0.1) is 17.1 Å². The first kappa shape index (κ1) is 12.8. The fourth-order valence-corrected chi connectivity index (χ4v) is 2.07. The van der Waals surface area contributed by atoms with Crippen molar-refractivity contribution >= 4 is 5.69 Å². The third-order valence-corrected chi connectivity index (χ3v) is 3.15. The maximum absolute atomic E-state index is 13.2. The molecule has 1 atom stereocenters. The maximum atomic E-state index is 13.2. The zero-order valence-corrected chi connectivity index (χ0v) is 10.8. The third-order valence-electron chi connectivity index (χ3n) is 3.15. The molecule has 1 saturated carbocycles. The summed E-state index contributed by atoms with van der Waals surface area (Å²) in [4.78, 5) is 1.90. The summed E-state index contributed by atoms with van der Waals surface area (Å²) < 4.78 is 13.2. The second-order valence-corrected chi connectivity index (χ2v) is 5.20. The lowest BCUT2D eigenvalue weighted by atomic mass is 10.0. The van der Waals surface area contributed by atoms with Crippen molar-refractivity contribution in [1.29, 1.82) is 5.26 Å². The molecule has 0 heterocycles. The molecule has 0 amide bonds. The van der Waals surface area contributed by atoms with Gasteiger partial charge in [-0.1, -0.05) is 6.07 Å². The van der Waals surface area contributed by atoms with Gasteiger partial charge in [0.25, 0.3) is 0 Å². The Balaban J connectivity index is 2.04. The van der Waals surface area contributed by atoms with Crippen molar-refractivity contribution in [1.82, 2.24) is 5.32 Å². The van der Waals surface area contributed by atoms with Crippen LogP contribution in [0.25, 0.3) is 0 Å². The summed E-state index contributed by atoms with van der Waals surface area (Å²) in [6.07, 6.45) is 2.28. The summed E-state index contributed by atoms with van der Waals surface area (Å²) in [5.41, 5.74) is 0.191. The van der Waals surface area contributed by atoms with Crippen LogP contribution in [0.2, 0.25) is 0 Å². The van der Waals surface area contributed by atoms with Gasteiger partial charge in [-0.25, -0.2) is 4.39 Å². The normalized spacial score (nSPS) is 17.9. The molecule has 1 aromatic rings. The number of halogens is 1. The number of hydrogen-bond acceptors (Lipinski definition) is 3. The third kappa shape index (κ3) is 3.21. The number of benzene rings is 1. The molecule has 0 bridgehead atoms. The Morgan fingerprint density at radius 2 is 2.28 bits per heavy atom. The van der Waals surface area contributed by atoms with Gasteiger partial charge in [0.2, 0.25) is 0 Å². The lowest BCUT2D eigenvalue weighted by Crippen LogP contribution is -2.50. The van der Waals surface area contributed by atoms with Gasteiger partial charge in [-0.2, -0.15) is 5.26 Å². The fourth-order valence-electron chi connectivity index (χ4n) is 2.07. The quantitative estimate of drug-likeness (QED) is 0.867. The number of anilines is 1. The number of nitriles is 1. The van der Waals surface area contributed by atoms with Gasteiger partial charge >= 0.3 is 0 Å². The van der Waals surface area contributed by atoms with E-state index in [-0.39, 0.29) is 5.82 Å². The van der Waals surface area contributed by atoms with Crippen LogP contribution in [0.5, 0.6) is 0 Å². The van der Waals surface area contributed by atoms with Crippen LogP contribution >= 0.6 is 0 Å². The van der Waals surface area contributed by atoms with Crippen LogP contribution in [0.1, 0.15) is 19.8 Å². The summed E-state index contributed by atoms with van der Waals surface area (Å²) in [6, 6.07) is 9.21. The molecule has 1 fully saturated rings. The fraction of sp³-hybridized carbons (Fsp3) is 0.500. The molecule has 0 spiro atoms. The number of nitrogens with zero attached hydrogens (tertiary/aromatic N) is 2. The van der Waals surface area contributed by atoms with Gasteiger partial charge in [-0.05, 0) is 38.0 Å². The highest BCUT2D eigenvalue weighted by atomic mass is 19.1. The predicted molar refractivity (Wildman–Crippen MR) is 69.8 cm³/mol. The van der Waals surface area contributed by atoms with Crippen LogP contribution in [0.3, 0.4) is 0 Å². The van der Waals surface area contributed by atoms with Crippen molar-refractivity contribution < 1.29 is 4.39 Å². The highest BCUT2D eigenvalue weighted by molar-refractivity contribution is 5.46. The van der Waals surface area contributed by atoms with E-state index in [4.69, 9.17) is 0 Å². The predicted octanol–water partition coefficient (Wildman–Crippen LogP) is 2.30. The van der Waals surface area contributed by atoms with E-state index in [1.807, 2.05) is 24.9 Å². The minimum absolute atomic E-state index is 0.256. The van der Waals surface area contributed by atoms with E-state index in [2.05, 4.69) is 11.4 Å². The second-order valence-electron chi connectivity index (χ2n) is 5.20. The first-order valence-corrected chi connectivity index (χ1v) is 6.18. The highest BCUT2D eigenvalue weighted by Gasteiger charge is 2.33. The Morgan fingerprint density at radius 1 is 1.56 bits per heavy atom. The molecule has 96 valence electrons. The molecule has 1 aliphatic carbocycles. The molecule has 2 rings (SSSR count). The van der Waals surface area contributed by atoms with Crippen molar-refractivity contribution in [3.63, 3.8) is 0 Å². The number of likely N-dealkylation sites (N-methyl/N-ethyl adjacent to an activating group) is 1. The lowest BCUT2D eigenvalue weighted by Gasteiger charge is -2.30. The first-order chi connectivity index (χ1) is 8.52. The molecule has 3 nitrogen and oxygen atoms in total. The van der Waals surface area contributed by atoms with Crippen LogP contribution in [0.4, 0.5) is 10.1 Å². The Labute approximate surface area is 107 Å². The monoisotopic (exact) mass is 247 g/mol. The minimum atomic E-state index is -0.595. The molecular weight excluding hydrogens is 229 g/mol. The van der Waals surface area contributed by atoms with Crippen molar-refractivity contribution in [2.24, 2.45) is 0 Å². The molecule has 0 aromatic heterocycles. The van der Waals surface area contributed by atoms with Gasteiger partial charge in [0, 0.05) is 25.3 Å². The first-order valence-electron chi connectivity index (χ1n) is 6.18. The lowest BCUT2D eigenvalue weighted by molar-refractivity contribution is 0.445. The van der Waals surface area contributed by atoms with E-state index in [1.54, 1.807) is 6.07 Å². The minimum Gasteiger partial charge on any atom is -0.372 e. The number of hydrogen-bond donors (Lipinski definition) is 1. The van der Waals surface area contributed by atoms with Gasteiger partial charge in [-0.3, -0.25) is 5.32 Å². The molecule has 4 heteroatoms. The van der Waals surface area contributed by atoms with E-state index in [0.29, 0.717) is 12.6 Å². The topological polar surface area (TPSA) is 39.1 Å². The van der Waals surface area contributed by atoms with Crippen LogP contribution < -0.4 is 10.2 Å². The smallest absolute Gasteiger partial charge is 0.125 e. The molecule has 0 aliphatic heterocycles. The molecule has 0 radical (unpaired) electrons. The average molecular weight is 247 g/mol. The Hall–Kier alpha value is -1.60. The Bertz CT molecular complexity index is 464. The summed E-state index contributed by atoms with van der Waals surface area (Å²) in [6.45, 7) is 2.42. The molecule has 18 heavy (non-hydrogen) atoms. The van der Waals surface area contributed by atoms with Crippen LogP contribution in [-0.2, 0) is 0 Å². The van der Waals surface area contributed by atoms with Crippen LogP contribution in [-0.4, -0.2) is 25.2 Å². The molecule has 1 aromatic carbocycles. The van der Waals surface area contributed by atoms with E-state index in [9.17, 15) is 9.65 Å². The Morgan fingerprint density at radius 3 is 2.83 bits per heavy atom. The summed E-state index contributed by atoms with van der Waals surface area (Å²) in [5, 5.41) is 12.6.